The largest absolute Gasteiger partial charge is 0.397 e. The van der Waals surface area contributed by atoms with Crippen molar-refractivity contribution in [2.45, 2.75) is 18.9 Å². The van der Waals surface area contributed by atoms with Gasteiger partial charge in [0, 0.05) is 26.2 Å². The molecular formula is C14H21N3O2. The predicted molar refractivity (Wildman–Crippen MR) is 76.1 cm³/mol. The number of nitrogens with two attached hydrogens (primary N) is 1. The van der Waals surface area contributed by atoms with Crippen LogP contribution in [-0.2, 0) is 0 Å². The zero-order valence-electron chi connectivity index (χ0n) is 11.4. The number of aliphatic hydroxyl groups is 1. The number of nitrogens with zero attached hydrogens (tertiary/aromatic N) is 1. The molecule has 0 bridgehead atoms. The summed E-state index contributed by atoms with van der Waals surface area (Å²) in [6.45, 7) is 0.496. The Bertz CT molecular complexity index is 470. The van der Waals surface area contributed by atoms with Crippen molar-refractivity contribution in [3.63, 3.8) is 0 Å². The lowest BCUT2D eigenvalue weighted by Crippen LogP contribution is -2.23. The molecule has 0 radical (unpaired) electrons. The Hall–Kier alpha value is -1.75. The topological polar surface area (TPSA) is 78.6 Å². The van der Waals surface area contributed by atoms with E-state index in [1.165, 1.54) is 4.90 Å². The third kappa shape index (κ3) is 3.38. The second-order valence-corrected chi connectivity index (χ2v) is 5.29. The molecule has 0 heterocycles. The number of carbonyl (C=O) groups excluding carboxylic acids is 1. The summed E-state index contributed by atoms with van der Waals surface area (Å²) in [4.78, 5) is 13.3. The Labute approximate surface area is 113 Å². The van der Waals surface area contributed by atoms with Crippen molar-refractivity contribution in [1.29, 1.82) is 0 Å². The highest BCUT2D eigenvalue weighted by atomic mass is 16.3. The average Bonchev–Trinajstić information content (AvgIpc) is 3.20. The lowest BCUT2D eigenvalue weighted by molar-refractivity contribution is 0.0827. The van der Waals surface area contributed by atoms with Gasteiger partial charge in [-0.25, -0.2) is 0 Å². The van der Waals surface area contributed by atoms with Gasteiger partial charge in [0.05, 0.1) is 17.5 Å². The van der Waals surface area contributed by atoms with Crippen LogP contribution >= 0.6 is 0 Å². The van der Waals surface area contributed by atoms with E-state index in [9.17, 15) is 9.90 Å². The van der Waals surface area contributed by atoms with Gasteiger partial charge in [0.1, 0.15) is 0 Å². The van der Waals surface area contributed by atoms with E-state index < -0.39 is 0 Å². The minimum atomic E-state index is -0.317. The number of nitrogen functional groups attached to an aromatic ring is 1. The number of hydrogen-bond acceptors (Lipinski definition) is 4. The van der Waals surface area contributed by atoms with Gasteiger partial charge in [0.25, 0.3) is 5.91 Å². The Balaban J connectivity index is 2.00. The number of rotatable bonds is 5. The summed E-state index contributed by atoms with van der Waals surface area (Å²) < 4.78 is 0. The summed E-state index contributed by atoms with van der Waals surface area (Å²) in [5.41, 5.74) is 7.77. The molecule has 1 unspecified atom stereocenters. The number of carbonyl (C=O) groups is 1. The van der Waals surface area contributed by atoms with E-state index in [0.717, 1.165) is 18.5 Å². The summed E-state index contributed by atoms with van der Waals surface area (Å²) in [5, 5.41) is 12.9. The van der Waals surface area contributed by atoms with Crippen molar-refractivity contribution >= 4 is 17.3 Å². The number of benzene rings is 1. The van der Waals surface area contributed by atoms with E-state index in [1.807, 2.05) is 0 Å². The first-order valence-corrected chi connectivity index (χ1v) is 6.52. The summed E-state index contributed by atoms with van der Waals surface area (Å²) in [6.07, 6.45) is 1.89. The van der Waals surface area contributed by atoms with Crippen molar-refractivity contribution < 1.29 is 9.90 Å². The zero-order valence-corrected chi connectivity index (χ0v) is 11.4. The van der Waals surface area contributed by atoms with Crippen molar-refractivity contribution in [3.8, 4) is 0 Å². The molecule has 1 saturated carbocycles. The van der Waals surface area contributed by atoms with Crippen LogP contribution in [0.25, 0.3) is 0 Å². The number of amides is 1. The molecular weight excluding hydrogens is 242 g/mol. The molecule has 1 aromatic carbocycles. The second-order valence-electron chi connectivity index (χ2n) is 5.29. The quantitative estimate of drug-likeness (QED) is 0.696. The van der Waals surface area contributed by atoms with E-state index in [2.05, 4.69) is 5.32 Å². The standard InChI is InChI=1S/C14H21N3O2/c1-17(2)14(19)10-5-6-12(11(15)7-10)16-8-13(18)9-3-4-9/h5-7,9,13,16,18H,3-4,8,15H2,1-2H3. The minimum Gasteiger partial charge on any atom is -0.397 e. The van der Waals surface area contributed by atoms with Crippen LogP contribution < -0.4 is 11.1 Å². The minimum absolute atomic E-state index is 0.0729. The van der Waals surface area contributed by atoms with Crippen LogP contribution in [-0.4, -0.2) is 42.7 Å². The van der Waals surface area contributed by atoms with Crippen LogP contribution in [0.15, 0.2) is 18.2 Å². The molecule has 5 nitrogen and oxygen atoms in total. The fourth-order valence-corrected chi connectivity index (χ4v) is 1.98. The molecule has 1 aromatic rings. The van der Waals surface area contributed by atoms with Crippen LogP contribution in [0.2, 0.25) is 0 Å². The van der Waals surface area contributed by atoms with Gasteiger partial charge >= 0.3 is 0 Å². The smallest absolute Gasteiger partial charge is 0.253 e. The molecule has 1 atom stereocenters. The van der Waals surface area contributed by atoms with E-state index in [0.29, 0.717) is 23.7 Å². The maximum atomic E-state index is 11.8. The van der Waals surface area contributed by atoms with Gasteiger partial charge in [0.15, 0.2) is 0 Å². The third-order valence-electron chi connectivity index (χ3n) is 3.37. The molecule has 0 spiro atoms. The second kappa shape index (κ2) is 5.48. The predicted octanol–water partition coefficient (Wildman–Crippen LogP) is 1.15. The third-order valence-corrected chi connectivity index (χ3v) is 3.37. The molecule has 0 saturated heterocycles. The van der Waals surface area contributed by atoms with Crippen molar-refractivity contribution in [2.24, 2.45) is 5.92 Å². The molecule has 0 aliphatic heterocycles. The Morgan fingerprint density at radius 1 is 1.53 bits per heavy atom. The van der Waals surface area contributed by atoms with Gasteiger partial charge in [0.2, 0.25) is 0 Å². The van der Waals surface area contributed by atoms with Gasteiger partial charge in [-0.2, -0.15) is 0 Å². The molecule has 104 valence electrons. The van der Waals surface area contributed by atoms with Crippen LogP contribution in [0.4, 0.5) is 11.4 Å². The lowest BCUT2D eigenvalue weighted by atomic mass is 10.1. The molecule has 5 heteroatoms. The maximum Gasteiger partial charge on any atom is 0.253 e. The van der Waals surface area contributed by atoms with Gasteiger partial charge in [-0.05, 0) is 37.0 Å². The summed E-state index contributed by atoms with van der Waals surface area (Å²) in [6, 6.07) is 5.18. The van der Waals surface area contributed by atoms with E-state index >= 15 is 0 Å². The molecule has 1 aliphatic rings. The molecule has 2 rings (SSSR count). The molecule has 4 N–H and O–H groups in total. The highest BCUT2D eigenvalue weighted by Crippen LogP contribution is 2.32. The zero-order chi connectivity index (χ0) is 14.0. The summed E-state index contributed by atoms with van der Waals surface area (Å²) in [7, 11) is 3.41. The van der Waals surface area contributed by atoms with Crippen LogP contribution in [0.3, 0.4) is 0 Å². The molecule has 1 fully saturated rings. The Kier molecular flexibility index (Phi) is 3.95. The van der Waals surface area contributed by atoms with Crippen LogP contribution in [0.1, 0.15) is 23.2 Å². The van der Waals surface area contributed by atoms with Gasteiger partial charge < -0.3 is 21.1 Å². The molecule has 0 aromatic heterocycles. The monoisotopic (exact) mass is 263 g/mol. The number of anilines is 2. The summed E-state index contributed by atoms with van der Waals surface area (Å²) >= 11 is 0. The fraction of sp³-hybridized carbons (Fsp3) is 0.500. The number of aliphatic hydroxyl groups excluding tert-OH is 1. The molecule has 19 heavy (non-hydrogen) atoms. The van der Waals surface area contributed by atoms with E-state index in [1.54, 1.807) is 32.3 Å². The summed E-state index contributed by atoms with van der Waals surface area (Å²) in [5.74, 6) is 0.361. The number of nitrogens with one attached hydrogen (secondary N) is 1. The van der Waals surface area contributed by atoms with Crippen molar-refractivity contribution in [1.82, 2.24) is 4.90 Å². The highest BCUT2D eigenvalue weighted by molar-refractivity contribution is 5.95. The first-order chi connectivity index (χ1) is 8.99. The van der Waals surface area contributed by atoms with Crippen molar-refractivity contribution in [3.05, 3.63) is 23.8 Å². The fourth-order valence-electron chi connectivity index (χ4n) is 1.98. The average molecular weight is 263 g/mol. The maximum absolute atomic E-state index is 11.8. The number of hydrogen-bond donors (Lipinski definition) is 3. The van der Waals surface area contributed by atoms with Gasteiger partial charge in [-0.15, -0.1) is 0 Å². The van der Waals surface area contributed by atoms with Gasteiger partial charge in [-0.1, -0.05) is 0 Å². The lowest BCUT2D eigenvalue weighted by Gasteiger charge is -2.15. The Morgan fingerprint density at radius 2 is 2.21 bits per heavy atom. The van der Waals surface area contributed by atoms with Crippen LogP contribution in [0, 0.1) is 5.92 Å². The SMILES string of the molecule is CN(C)C(=O)c1ccc(NCC(O)C2CC2)c(N)c1. The van der Waals surface area contributed by atoms with Crippen LogP contribution in [0.5, 0.6) is 0 Å². The first-order valence-electron chi connectivity index (χ1n) is 6.52. The van der Waals surface area contributed by atoms with Crippen molar-refractivity contribution in [2.75, 3.05) is 31.7 Å². The normalized spacial score (nSPS) is 15.9. The molecule has 1 aliphatic carbocycles. The Morgan fingerprint density at radius 3 is 2.74 bits per heavy atom. The highest BCUT2D eigenvalue weighted by Gasteiger charge is 2.29. The van der Waals surface area contributed by atoms with Gasteiger partial charge in [-0.3, -0.25) is 4.79 Å². The van der Waals surface area contributed by atoms with E-state index in [4.69, 9.17) is 5.73 Å². The van der Waals surface area contributed by atoms with E-state index in [-0.39, 0.29) is 12.0 Å². The molecule has 1 amide bonds. The first kappa shape index (κ1) is 13.7.